The number of halogens is 1. The molecule has 0 bridgehead atoms. The molecule has 0 aromatic carbocycles. The lowest BCUT2D eigenvalue weighted by molar-refractivity contribution is -0.135. The molecule has 8 heteroatoms. The normalized spacial score (nSPS) is 14.5. The molecule has 92 valence electrons. The second-order valence-electron chi connectivity index (χ2n) is 3.64. The van der Waals surface area contributed by atoms with E-state index in [4.69, 9.17) is 21.4 Å². The summed E-state index contributed by atoms with van der Waals surface area (Å²) >= 11 is 5.72. The molecule has 7 nitrogen and oxygen atoms in total. The van der Waals surface area contributed by atoms with E-state index in [1.54, 1.807) is 4.90 Å². The summed E-state index contributed by atoms with van der Waals surface area (Å²) in [5.74, 6) is -0.695. The van der Waals surface area contributed by atoms with Gasteiger partial charge in [-0.2, -0.15) is 15.0 Å². The van der Waals surface area contributed by atoms with Crippen molar-refractivity contribution in [1.82, 2.24) is 15.0 Å². The molecule has 0 spiro atoms. The highest BCUT2D eigenvalue weighted by molar-refractivity contribution is 6.28. The highest BCUT2D eigenvalue weighted by Gasteiger charge is 2.32. The SMILES string of the molecule is COc1nc(Cl)nc(N(CC(=O)O)C2CC2)n1. The van der Waals surface area contributed by atoms with Gasteiger partial charge < -0.3 is 14.7 Å². The van der Waals surface area contributed by atoms with Gasteiger partial charge in [-0.15, -0.1) is 0 Å². The van der Waals surface area contributed by atoms with Crippen molar-refractivity contribution in [2.75, 3.05) is 18.6 Å². The highest BCUT2D eigenvalue weighted by atomic mass is 35.5. The van der Waals surface area contributed by atoms with E-state index in [1.165, 1.54) is 7.11 Å². The molecule has 1 aliphatic carbocycles. The number of aliphatic carboxylic acids is 1. The van der Waals surface area contributed by atoms with E-state index >= 15 is 0 Å². The minimum Gasteiger partial charge on any atom is -0.480 e. The Hall–Kier alpha value is -1.63. The largest absolute Gasteiger partial charge is 0.480 e. The van der Waals surface area contributed by atoms with E-state index < -0.39 is 5.97 Å². The van der Waals surface area contributed by atoms with Gasteiger partial charge in [0.05, 0.1) is 7.11 Å². The van der Waals surface area contributed by atoms with Gasteiger partial charge in [-0.05, 0) is 24.4 Å². The third-order valence-electron chi connectivity index (χ3n) is 2.31. The quantitative estimate of drug-likeness (QED) is 0.827. The Morgan fingerprint density at radius 1 is 1.53 bits per heavy atom. The topological polar surface area (TPSA) is 88.4 Å². The molecule has 1 saturated carbocycles. The van der Waals surface area contributed by atoms with E-state index in [-0.39, 0.29) is 29.8 Å². The van der Waals surface area contributed by atoms with Crippen LogP contribution < -0.4 is 9.64 Å². The number of carboxylic acids is 1. The van der Waals surface area contributed by atoms with Crippen LogP contribution in [0.1, 0.15) is 12.8 Å². The van der Waals surface area contributed by atoms with Crippen molar-refractivity contribution >= 4 is 23.5 Å². The lowest BCUT2D eigenvalue weighted by atomic mass is 10.5. The number of ether oxygens (including phenoxy) is 1. The van der Waals surface area contributed by atoms with Crippen molar-refractivity contribution in [1.29, 1.82) is 0 Å². The summed E-state index contributed by atoms with van der Waals surface area (Å²) in [5.41, 5.74) is 0. The van der Waals surface area contributed by atoms with Gasteiger partial charge in [-0.25, -0.2) is 0 Å². The molecule has 1 aromatic heterocycles. The van der Waals surface area contributed by atoms with Gasteiger partial charge in [-0.3, -0.25) is 4.79 Å². The van der Waals surface area contributed by atoms with Crippen molar-refractivity contribution in [3.8, 4) is 6.01 Å². The molecule has 0 aliphatic heterocycles. The van der Waals surface area contributed by atoms with Crippen LogP contribution in [-0.4, -0.2) is 45.7 Å². The zero-order valence-corrected chi connectivity index (χ0v) is 9.89. The Bertz CT molecular complexity index is 438. The molecule has 1 fully saturated rings. The first kappa shape index (κ1) is 11.8. The summed E-state index contributed by atoms with van der Waals surface area (Å²) in [5, 5.41) is 8.83. The van der Waals surface area contributed by atoms with Crippen molar-refractivity contribution in [3.05, 3.63) is 5.28 Å². The molecular weight excluding hydrogens is 248 g/mol. The van der Waals surface area contributed by atoms with Crippen LogP contribution in [0, 0.1) is 0 Å². The molecule has 1 heterocycles. The second kappa shape index (κ2) is 4.70. The minimum atomic E-state index is -0.938. The van der Waals surface area contributed by atoms with E-state index in [0.717, 1.165) is 12.8 Å². The molecule has 0 radical (unpaired) electrons. The van der Waals surface area contributed by atoms with Crippen LogP contribution in [0.5, 0.6) is 6.01 Å². The van der Waals surface area contributed by atoms with Crippen LogP contribution in [0.3, 0.4) is 0 Å². The number of hydrogen-bond donors (Lipinski definition) is 1. The Morgan fingerprint density at radius 3 is 2.76 bits per heavy atom. The third-order valence-corrected chi connectivity index (χ3v) is 2.48. The van der Waals surface area contributed by atoms with E-state index in [2.05, 4.69) is 15.0 Å². The predicted octanol–water partition coefficient (Wildman–Crippen LogP) is 0.587. The maximum Gasteiger partial charge on any atom is 0.323 e. The Balaban J connectivity index is 2.28. The number of nitrogens with zero attached hydrogens (tertiary/aromatic N) is 4. The van der Waals surface area contributed by atoms with E-state index in [9.17, 15) is 4.79 Å². The number of rotatable bonds is 5. The monoisotopic (exact) mass is 258 g/mol. The summed E-state index contributed by atoms with van der Waals surface area (Å²) in [4.78, 5) is 24.0. The number of aromatic nitrogens is 3. The summed E-state index contributed by atoms with van der Waals surface area (Å²) in [6.45, 7) is -0.159. The third kappa shape index (κ3) is 2.94. The Kier molecular flexibility index (Phi) is 3.28. The van der Waals surface area contributed by atoms with Gasteiger partial charge in [0, 0.05) is 6.04 Å². The zero-order valence-electron chi connectivity index (χ0n) is 9.13. The molecule has 0 amide bonds. The van der Waals surface area contributed by atoms with Crippen molar-refractivity contribution in [2.45, 2.75) is 18.9 Å². The van der Waals surface area contributed by atoms with Gasteiger partial charge in [0.15, 0.2) is 0 Å². The Labute approximate surface area is 102 Å². The van der Waals surface area contributed by atoms with Gasteiger partial charge in [0.1, 0.15) is 6.54 Å². The lowest BCUT2D eigenvalue weighted by Crippen LogP contribution is -2.33. The zero-order chi connectivity index (χ0) is 12.4. The molecule has 0 atom stereocenters. The van der Waals surface area contributed by atoms with Gasteiger partial charge in [0.25, 0.3) is 0 Å². The van der Waals surface area contributed by atoms with Crippen molar-refractivity contribution < 1.29 is 14.6 Å². The summed E-state index contributed by atoms with van der Waals surface area (Å²) in [6.07, 6.45) is 1.86. The summed E-state index contributed by atoms with van der Waals surface area (Å²) < 4.78 is 4.87. The van der Waals surface area contributed by atoms with Gasteiger partial charge in [-0.1, -0.05) is 0 Å². The highest BCUT2D eigenvalue weighted by Crippen LogP contribution is 2.30. The number of hydrogen-bond acceptors (Lipinski definition) is 6. The fourth-order valence-electron chi connectivity index (χ4n) is 1.44. The number of carboxylic acid groups (broad SMARTS) is 1. The standard InChI is InChI=1S/C9H11ClN4O3/c1-17-9-12-7(10)11-8(13-9)14(4-6(15)16)5-2-3-5/h5H,2-4H2,1H3,(H,15,16). The molecule has 1 aliphatic rings. The number of carbonyl (C=O) groups is 1. The van der Waals surface area contributed by atoms with Crippen LogP contribution in [-0.2, 0) is 4.79 Å². The summed E-state index contributed by atoms with van der Waals surface area (Å²) in [6, 6.07) is 0.241. The molecular formula is C9H11ClN4O3. The first-order chi connectivity index (χ1) is 8.10. The molecule has 2 rings (SSSR count). The van der Waals surface area contributed by atoms with Crippen LogP contribution >= 0.6 is 11.6 Å². The maximum absolute atomic E-state index is 10.8. The average molecular weight is 259 g/mol. The van der Waals surface area contributed by atoms with E-state index in [1.807, 2.05) is 0 Å². The number of anilines is 1. The molecule has 0 unspecified atom stereocenters. The van der Waals surface area contributed by atoms with Crippen LogP contribution in [0.4, 0.5) is 5.95 Å². The lowest BCUT2D eigenvalue weighted by Gasteiger charge is -2.19. The fourth-order valence-corrected chi connectivity index (χ4v) is 1.58. The van der Waals surface area contributed by atoms with E-state index in [0.29, 0.717) is 0 Å². The first-order valence-corrected chi connectivity index (χ1v) is 5.42. The number of methoxy groups -OCH3 is 1. The molecule has 17 heavy (non-hydrogen) atoms. The van der Waals surface area contributed by atoms with Crippen molar-refractivity contribution in [3.63, 3.8) is 0 Å². The van der Waals surface area contributed by atoms with Gasteiger partial charge >= 0.3 is 12.0 Å². The smallest absolute Gasteiger partial charge is 0.323 e. The predicted molar refractivity (Wildman–Crippen MR) is 59.4 cm³/mol. The van der Waals surface area contributed by atoms with Crippen LogP contribution in [0.15, 0.2) is 0 Å². The molecule has 0 saturated heterocycles. The Morgan fingerprint density at radius 2 is 2.24 bits per heavy atom. The second-order valence-corrected chi connectivity index (χ2v) is 3.98. The van der Waals surface area contributed by atoms with Gasteiger partial charge in [0.2, 0.25) is 11.2 Å². The molecule has 1 N–H and O–H groups in total. The van der Waals surface area contributed by atoms with Crippen LogP contribution in [0.25, 0.3) is 0 Å². The van der Waals surface area contributed by atoms with Crippen molar-refractivity contribution in [2.24, 2.45) is 0 Å². The maximum atomic E-state index is 10.8. The molecule has 1 aromatic rings. The summed E-state index contributed by atoms with van der Waals surface area (Å²) in [7, 11) is 1.41. The fraction of sp³-hybridized carbons (Fsp3) is 0.556. The average Bonchev–Trinajstić information content (AvgIpc) is 3.08. The minimum absolute atomic E-state index is 0.0112. The first-order valence-electron chi connectivity index (χ1n) is 5.04. The van der Waals surface area contributed by atoms with Crippen LogP contribution in [0.2, 0.25) is 5.28 Å².